The van der Waals surface area contributed by atoms with Gasteiger partial charge in [0.15, 0.2) is 11.6 Å². The molecule has 2 fully saturated rings. The number of nitrogens with one attached hydrogen (secondary N) is 2. The van der Waals surface area contributed by atoms with Crippen molar-refractivity contribution >= 4 is 39.9 Å². The van der Waals surface area contributed by atoms with Crippen LogP contribution in [-0.2, 0) is 48.0 Å². The average Bonchev–Trinajstić information content (AvgIpc) is 3.92. The van der Waals surface area contributed by atoms with Gasteiger partial charge in [-0.25, -0.2) is 39.3 Å². The van der Waals surface area contributed by atoms with Crippen LogP contribution < -0.4 is 5.73 Å². The number of halogens is 1. The number of aromatic nitrogens is 6. The molecule has 4 amide bonds. The lowest BCUT2D eigenvalue weighted by Gasteiger charge is -2.51. The Morgan fingerprint density at radius 1 is 0.640 bits per heavy atom. The van der Waals surface area contributed by atoms with Gasteiger partial charge in [0.05, 0.1) is 50.5 Å². The number of H-pyrrole nitrogens is 2. The maximum Gasteiger partial charge on any atom is 0.417 e. The summed E-state index contributed by atoms with van der Waals surface area (Å²) in [6.45, 7) is 14.7. The van der Waals surface area contributed by atoms with Crippen molar-refractivity contribution in [1.82, 2.24) is 39.7 Å². The number of rotatable bonds is 2. The third kappa shape index (κ3) is 9.26. The van der Waals surface area contributed by atoms with Crippen LogP contribution in [-0.4, -0.2) is 91.5 Å². The predicted octanol–water partition coefficient (Wildman–Crippen LogP) is 11.0. The molecule has 0 bridgehead atoms. The normalized spacial score (nSPS) is 17.6. The molecular weight excluding hydrogens is 1010 g/mol. The van der Waals surface area contributed by atoms with Crippen molar-refractivity contribution in [3.05, 3.63) is 116 Å². The number of amides is 4. The van der Waals surface area contributed by atoms with E-state index >= 15 is 0 Å². The van der Waals surface area contributed by atoms with Gasteiger partial charge in [-0.3, -0.25) is 9.59 Å². The zero-order valence-corrected chi connectivity index (χ0v) is 45.4. The van der Waals surface area contributed by atoms with E-state index in [1.807, 2.05) is 116 Å². The Morgan fingerprint density at radius 2 is 1.05 bits per heavy atom. The highest BCUT2D eigenvalue weighted by molar-refractivity contribution is 9.10. The van der Waals surface area contributed by atoms with Crippen LogP contribution in [0.25, 0.3) is 45.6 Å². The maximum absolute atomic E-state index is 14.0. The Balaban J connectivity index is 0.000000162. The number of ether oxygens (including phenoxy) is 2. The number of carbonyl (C=O) groups is 4. The van der Waals surface area contributed by atoms with E-state index in [1.165, 1.54) is 9.80 Å². The van der Waals surface area contributed by atoms with Gasteiger partial charge in [0.25, 0.3) is 11.8 Å². The van der Waals surface area contributed by atoms with Gasteiger partial charge >= 0.3 is 12.2 Å². The number of hydrogen-bond donors (Lipinski definition) is 3. The van der Waals surface area contributed by atoms with Gasteiger partial charge < -0.3 is 25.2 Å². The molecule has 4 aliphatic carbocycles. The highest BCUT2D eigenvalue weighted by atomic mass is 79.9. The smallest absolute Gasteiger partial charge is 0.417 e. The quantitative estimate of drug-likeness (QED) is 0.139. The topological polar surface area (TPSA) is 202 Å². The summed E-state index contributed by atoms with van der Waals surface area (Å²) in [5.74, 6) is 6.90. The van der Waals surface area contributed by atoms with E-state index in [2.05, 4.69) is 47.7 Å². The van der Waals surface area contributed by atoms with Crippen molar-refractivity contribution in [2.75, 3.05) is 0 Å². The number of fused-ring (bicyclic) bond motifs is 10. The van der Waals surface area contributed by atoms with E-state index in [4.69, 9.17) is 25.2 Å². The zero-order valence-electron chi connectivity index (χ0n) is 43.8. The van der Waals surface area contributed by atoms with Crippen molar-refractivity contribution in [1.29, 1.82) is 0 Å². The molecule has 4 aromatic heterocycles. The van der Waals surface area contributed by atoms with Crippen LogP contribution in [0.15, 0.2) is 65.4 Å². The van der Waals surface area contributed by atoms with E-state index in [0.717, 1.165) is 129 Å². The van der Waals surface area contributed by atoms with Crippen LogP contribution >= 0.6 is 15.9 Å². The molecular formula is C59H62BrN9O6. The molecule has 0 radical (unpaired) electrons. The number of aromatic amines is 2. The lowest BCUT2D eigenvalue weighted by atomic mass is 9.69. The van der Waals surface area contributed by atoms with Gasteiger partial charge in [0.2, 0.25) is 0 Å². The zero-order chi connectivity index (χ0) is 53.0. The SMILES string of the molecule is CC(C)(C)OC(=O)N1C(=O)c2c([nH]c3c2CCc2cnc(-c4ccc(Br)cc4)nc2-3)CC12CCC2.CC(C)(N)C#Cc1ccc(-c2ncc3c(n2)-c2[nH]c4c(c2CC3)C(=O)N(C(=O)OC(C)(C)C)C2(CCC2)C4)cc1. The summed E-state index contributed by atoms with van der Waals surface area (Å²) in [7, 11) is 0. The van der Waals surface area contributed by atoms with E-state index < -0.39 is 40.0 Å². The lowest BCUT2D eigenvalue weighted by molar-refractivity contribution is -0.0231. The Hall–Kier alpha value is -6.96. The molecule has 2 aliphatic heterocycles. The second-order valence-electron chi connectivity index (χ2n) is 23.6. The standard InChI is InChI=1S/C32H35N5O3.C27H27BrN4O3/c1-30(2,3)40-29(39)37-28(38)24-22-12-11-21-18-34-27(20-9-7-19(8-10-20)13-16-31(4,5)33)36-25(21)26(22)35-23(24)17-32(37)14-6-15-32;1-26(2,3)35-25(34)32-24(33)20-18-10-7-16-14-29-23(15-5-8-17(28)9-6-15)31-21(16)22(18)30-19(20)13-27(32)11-4-12-27/h7-10,18,35H,6,11-12,14-15,17,33H2,1-5H3;5-6,8-9,14,30H,4,7,10-13H2,1-3H3. The monoisotopic (exact) mass is 1070 g/mol. The third-order valence-corrected chi connectivity index (χ3v) is 15.7. The highest BCUT2D eigenvalue weighted by Crippen LogP contribution is 2.50. The minimum atomic E-state index is -0.682. The van der Waals surface area contributed by atoms with Gasteiger partial charge in [-0.2, -0.15) is 0 Å². The first-order valence-corrected chi connectivity index (χ1v) is 26.8. The Bertz CT molecular complexity index is 3410. The lowest BCUT2D eigenvalue weighted by Crippen LogP contribution is -2.63. The van der Waals surface area contributed by atoms with Crippen LogP contribution in [0.2, 0.25) is 0 Å². The van der Waals surface area contributed by atoms with Crippen molar-refractivity contribution in [3.63, 3.8) is 0 Å². The fourth-order valence-electron chi connectivity index (χ4n) is 11.4. The summed E-state index contributed by atoms with van der Waals surface area (Å²) < 4.78 is 12.4. The number of benzene rings is 2. The predicted molar refractivity (Wildman–Crippen MR) is 288 cm³/mol. The van der Waals surface area contributed by atoms with Crippen LogP contribution in [0.3, 0.4) is 0 Å². The first kappa shape index (κ1) is 50.2. The van der Waals surface area contributed by atoms with Crippen molar-refractivity contribution in [2.45, 2.75) is 160 Å². The van der Waals surface area contributed by atoms with Crippen molar-refractivity contribution in [3.8, 4) is 57.4 Å². The molecule has 12 rings (SSSR count). The molecule has 2 aromatic carbocycles. The van der Waals surface area contributed by atoms with Gasteiger partial charge in [0, 0.05) is 57.8 Å². The number of hydrogen-bond acceptors (Lipinski definition) is 11. The molecule has 16 heteroatoms. The number of aryl methyl sites for hydroxylation is 2. The Labute approximate surface area is 445 Å². The summed E-state index contributed by atoms with van der Waals surface area (Å²) in [5, 5.41) is 0. The molecule has 15 nitrogen and oxygen atoms in total. The first-order valence-electron chi connectivity index (χ1n) is 26.0. The van der Waals surface area contributed by atoms with Gasteiger partial charge in [-0.05, 0) is 178 Å². The molecule has 6 aromatic rings. The molecule has 6 heterocycles. The maximum atomic E-state index is 14.0. The van der Waals surface area contributed by atoms with Crippen LogP contribution in [0.1, 0.15) is 154 Å². The number of carbonyl (C=O) groups excluding carboxylic acids is 4. The molecule has 0 saturated heterocycles. The van der Waals surface area contributed by atoms with Crippen LogP contribution in [0, 0.1) is 11.8 Å². The minimum Gasteiger partial charge on any atom is -0.443 e. The van der Waals surface area contributed by atoms with Crippen molar-refractivity contribution in [2.24, 2.45) is 5.73 Å². The molecule has 75 heavy (non-hydrogen) atoms. The molecule has 4 N–H and O–H groups in total. The van der Waals surface area contributed by atoms with Crippen LogP contribution in [0.5, 0.6) is 0 Å². The molecule has 386 valence electrons. The fourth-order valence-corrected chi connectivity index (χ4v) is 11.7. The number of imide groups is 2. The minimum absolute atomic E-state index is 0.247. The molecule has 2 saturated carbocycles. The Morgan fingerprint density at radius 3 is 1.43 bits per heavy atom. The molecule has 6 aliphatic rings. The summed E-state index contributed by atoms with van der Waals surface area (Å²) in [4.78, 5) is 83.5. The van der Waals surface area contributed by atoms with Gasteiger partial charge in [0.1, 0.15) is 11.2 Å². The van der Waals surface area contributed by atoms with Gasteiger partial charge in [-0.1, -0.05) is 39.9 Å². The van der Waals surface area contributed by atoms with Crippen molar-refractivity contribution < 1.29 is 28.7 Å². The fraction of sp³-hybridized carbons (Fsp3) is 0.424. The van der Waals surface area contributed by atoms with E-state index in [9.17, 15) is 19.2 Å². The largest absolute Gasteiger partial charge is 0.443 e. The van der Waals surface area contributed by atoms with E-state index in [-0.39, 0.29) is 11.8 Å². The van der Waals surface area contributed by atoms with E-state index in [0.29, 0.717) is 48.5 Å². The number of nitrogens with zero attached hydrogens (tertiary/aromatic N) is 6. The van der Waals surface area contributed by atoms with E-state index in [1.54, 1.807) is 0 Å². The summed E-state index contributed by atoms with van der Waals surface area (Å²) in [5.41, 5.74) is 16.1. The Kier molecular flexibility index (Phi) is 12.1. The molecule has 0 atom stereocenters. The van der Waals surface area contributed by atoms with Gasteiger partial charge in [-0.15, -0.1) is 0 Å². The second kappa shape index (κ2) is 18.1. The van der Waals surface area contributed by atoms with Crippen LogP contribution in [0.4, 0.5) is 9.59 Å². The molecule has 0 unspecified atom stereocenters. The second-order valence-corrected chi connectivity index (χ2v) is 24.5. The highest BCUT2D eigenvalue weighted by Gasteiger charge is 2.56. The molecule has 2 spiro atoms. The average molecular weight is 1070 g/mol. The summed E-state index contributed by atoms with van der Waals surface area (Å²) in [6.07, 6.45) is 11.9. The summed E-state index contributed by atoms with van der Waals surface area (Å²) >= 11 is 3.47. The first-order chi connectivity index (χ1) is 35.5. The number of nitrogens with two attached hydrogens (primary N) is 1. The summed E-state index contributed by atoms with van der Waals surface area (Å²) in [6, 6.07) is 15.7. The third-order valence-electron chi connectivity index (χ3n) is 15.1.